The molecule has 0 aliphatic rings. The third-order valence-electron chi connectivity index (χ3n) is 3.26. The zero-order valence-electron chi connectivity index (χ0n) is 11.5. The Morgan fingerprint density at radius 2 is 2.19 bits per heavy atom. The first kappa shape index (κ1) is 14.8. The average molecular weight is 342 g/mol. The number of halogens is 1. The van der Waals surface area contributed by atoms with Crippen molar-refractivity contribution in [2.75, 3.05) is 13.3 Å². The molecule has 110 valence electrons. The second-order valence-electron chi connectivity index (χ2n) is 4.45. The Hall–Kier alpha value is -1.13. The van der Waals surface area contributed by atoms with E-state index in [1.54, 1.807) is 24.3 Å². The van der Waals surface area contributed by atoms with Gasteiger partial charge in [-0.05, 0) is 30.3 Å². The number of nitrogens with zero attached hydrogens (tertiary/aromatic N) is 1. The van der Waals surface area contributed by atoms with E-state index >= 15 is 0 Å². The van der Waals surface area contributed by atoms with Gasteiger partial charge < -0.3 is 8.94 Å². The van der Waals surface area contributed by atoms with Crippen LogP contribution < -0.4 is 5.30 Å². The number of aromatic nitrogens is 1. The number of thiophene rings is 1. The molecule has 0 radical (unpaired) electrons. The van der Waals surface area contributed by atoms with Crippen LogP contribution in [-0.4, -0.2) is 18.3 Å². The lowest BCUT2D eigenvalue weighted by Crippen LogP contribution is -2.07. The molecule has 3 rings (SSSR count). The van der Waals surface area contributed by atoms with Crippen LogP contribution in [0.5, 0.6) is 0 Å². The molecular formula is C14H13ClNO3PS. The van der Waals surface area contributed by atoms with Crippen molar-refractivity contribution in [3.8, 4) is 10.8 Å². The minimum atomic E-state index is -2.80. The molecule has 0 saturated heterocycles. The molecule has 0 N–H and O–H groups in total. The van der Waals surface area contributed by atoms with Gasteiger partial charge in [0.15, 0.2) is 5.58 Å². The molecule has 3 aromatic rings. The van der Waals surface area contributed by atoms with Gasteiger partial charge in [0, 0.05) is 18.6 Å². The summed E-state index contributed by atoms with van der Waals surface area (Å²) in [7, 11) is -1.33. The van der Waals surface area contributed by atoms with Crippen LogP contribution in [0, 0.1) is 0 Å². The van der Waals surface area contributed by atoms with Crippen molar-refractivity contribution >= 4 is 46.7 Å². The second kappa shape index (κ2) is 5.58. The molecule has 0 spiro atoms. The molecule has 2 heterocycles. The number of fused-ring (bicyclic) bond motifs is 1. The van der Waals surface area contributed by atoms with Gasteiger partial charge in [0.2, 0.25) is 13.3 Å². The van der Waals surface area contributed by atoms with Crippen molar-refractivity contribution in [2.45, 2.75) is 6.92 Å². The van der Waals surface area contributed by atoms with Crippen LogP contribution in [0.3, 0.4) is 0 Å². The maximum Gasteiger partial charge on any atom is 0.237 e. The topological polar surface area (TPSA) is 52.3 Å². The summed E-state index contributed by atoms with van der Waals surface area (Å²) in [4.78, 5) is 5.31. The fourth-order valence-corrected chi connectivity index (χ4v) is 4.50. The van der Waals surface area contributed by atoms with Gasteiger partial charge in [-0.2, -0.15) is 0 Å². The maximum absolute atomic E-state index is 12.6. The van der Waals surface area contributed by atoms with Crippen molar-refractivity contribution in [2.24, 2.45) is 0 Å². The molecular weight excluding hydrogens is 329 g/mol. The Labute approximate surface area is 131 Å². The third-order valence-corrected chi connectivity index (χ3v) is 6.97. The van der Waals surface area contributed by atoms with Crippen molar-refractivity contribution in [3.63, 3.8) is 0 Å². The standard InChI is InChI=1S/C14H13ClNO3PS/c1-3-20(17,18-2)9-4-5-11-10(8-9)16-14(19-11)12-6-7-13(15)21-12/h4-8H,3H2,1-2H3. The highest BCUT2D eigenvalue weighted by Crippen LogP contribution is 2.44. The van der Waals surface area contributed by atoms with Crippen LogP contribution in [-0.2, 0) is 9.09 Å². The second-order valence-corrected chi connectivity index (χ2v) is 9.02. The van der Waals surface area contributed by atoms with Gasteiger partial charge in [-0.25, -0.2) is 4.98 Å². The summed E-state index contributed by atoms with van der Waals surface area (Å²) in [5.74, 6) is 0.516. The number of hydrogen-bond donors (Lipinski definition) is 0. The molecule has 4 nitrogen and oxygen atoms in total. The van der Waals surface area contributed by atoms with E-state index < -0.39 is 7.37 Å². The third kappa shape index (κ3) is 2.67. The molecule has 0 amide bonds. The molecule has 21 heavy (non-hydrogen) atoms. The quantitative estimate of drug-likeness (QED) is 0.641. The van der Waals surface area contributed by atoms with Gasteiger partial charge in [-0.3, -0.25) is 4.57 Å². The molecule has 0 aliphatic heterocycles. The van der Waals surface area contributed by atoms with Gasteiger partial charge in [0.05, 0.1) is 9.21 Å². The van der Waals surface area contributed by atoms with Crippen molar-refractivity contribution in [3.05, 3.63) is 34.7 Å². The predicted molar refractivity (Wildman–Crippen MR) is 87.1 cm³/mol. The van der Waals surface area contributed by atoms with Gasteiger partial charge in [-0.1, -0.05) is 18.5 Å². The largest absolute Gasteiger partial charge is 0.435 e. The van der Waals surface area contributed by atoms with E-state index in [2.05, 4.69) is 4.98 Å². The molecule has 1 atom stereocenters. The van der Waals surface area contributed by atoms with Crippen LogP contribution in [0.25, 0.3) is 21.9 Å². The Kier molecular flexibility index (Phi) is 3.93. The molecule has 7 heteroatoms. The maximum atomic E-state index is 12.6. The monoisotopic (exact) mass is 341 g/mol. The van der Waals surface area contributed by atoms with Gasteiger partial charge in [-0.15, -0.1) is 11.3 Å². The summed E-state index contributed by atoms with van der Waals surface area (Å²) >= 11 is 7.33. The van der Waals surface area contributed by atoms with Crippen molar-refractivity contribution in [1.82, 2.24) is 4.98 Å². The predicted octanol–water partition coefficient (Wildman–Crippen LogP) is 4.78. The lowest BCUT2D eigenvalue weighted by molar-refractivity contribution is 0.404. The average Bonchev–Trinajstić information content (AvgIpc) is 3.11. The molecule has 0 aliphatic carbocycles. The van der Waals surface area contributed by atoms with E-state index in [4.69, 9.17) is 20.5 Å². The molecule has 0 saturated carbocycles. The summed E-state index contributed by atoms with van der Waals surface area (Å²) < 4.78 is 24.2. The smallest absolute Gasteiger partial charge is 0.237 e. The first-order chi connectivity index (χ1) is 10.1. The van der Waals surface area contributed by atoms with Crippen LogP contribution in [0.2, 0.25) is 4.34 Å². The Morgan fingerprint density at radius 1 is 1.38 bits per heavy atom. The first-order valence-electron chi connectivity index (χ1n) is 6.37. The highest BCUT2D eigenvalue weighted by molar-refractivity contribution is 7.66. The van der Waals surface area contributed by atoms with Gasteiger partial charge in [0.1, 0.15) is 5.52 Å². The van der Waals surface area contributed by atoms with Crippen LogP contribution >= 0.6 is 30.3 Å². The lowest BCUT2D eigenvalue weighted by Gasteiger charge is -2.13. The van der Waals surface area contributed by atoms with E-state index in [9.17, 15) is 4.57 Å². The highest BCUT2D eigenvalue weighted by atomic mass is 35.5. The molecule has 1 aromatic carbocycles. The molecule has 0 bridgehead atoms. The zero-order valence-corrected chi connectivity index (χ0v) is 14.0. The first-order valence-corrected chi connectivity index (χ1v) is 9.38. The minimum absolute atomic E-state index is 0.445. The van der Waals surface area contributed by atoms with E-state index in [-0.39, 0.29) is 0 Å². The molecule has 2 aromatic heterocycles. The SMILES string of the molecule is CCP(=O)(OC)c1ccc2oc(-c3ccc(Cl)s3)nc2c1. The fraction of sp³-hybridized carbons (Fsp3) is 0.214. The Balaban J connectivity index is 2.09. The van der Waals surface area contributed by atoms with Crippen molar-refractivity contribution in [1.29, 1.82) is 0 Å². The molecule has 1 unspecified atom stereocenters. The lowest BCUT2D eigenvalue weighted by atomic mass is 10.3. The Morgan fingerprint density at radius 3 is 2.81 bits per heavy atom. The zero-order chi connectivity index (χ0) is 15.0. The highest BCUT2D eigenvalue weighted by Gasteiger charge is 2.23. The summed E-state index contributed by atoms with van der Waals surface area (Å²) in [5, 5.41) is 0.657. The minimum Gasteiger partial charge on any atom is -0.435 e. The van der Waals surface area contributed by atoms with Crippen molar-refractivity contribution < 1.29 is 13.5 Å². The van der Waals surface area contributed by atoms with E-state index in [1.165, 1.54) is 18.4 Å². The van der Waals surface area contributed by atoms with Gasteiger partial charge >= 0.3 is 0 Å². The summed E-state index contributed by atoms with van der Waals surface area (Å²) in [6.45, 7) is 1.84. The van der Waals surface area contributed by atoms with Gasteiger partial charge in [0.25, 0.3) is 0 Å². The number of benzene rings is 1. The van der Waals surface area contributed by atoms with Crippen LogP contribution in [0.4, 0.5) is 0 Å². The van der Waals surface area contributed by atoms with Crippen LogP contribution in [0.1, 0.15) is 6.92 Å². The fourth-order valence-electron chi connectivity index (χ4n) is 2.08. The summed E-state index contributed by atoms with van der Waals surface area (Å²) in [5.41, 5.74) is 1.31. The Bertz CT molecular complexity index is 834. The van der Waals surface area contributed by atoms with Crippen LogP contribution in [0.15, 0.2) is 34.7 Å². The van der Waals surface area contributed by atoms with E-state index in [0.29, 0.717) is 32.8 Å². The summed E-state index contributed by atoms with van der Waals surface area (Å²) in [6.07, 6.45) is 0.445. The number of oxazole rings is 1. The molecule has 0 fully saturated rings. The summed E-state index contributed by atoms with van der Waals surface area (Å²) in [6, 6.07) is 8.98. The number of hydrogen-bond acceptors (Lipinski definition) is 5. The van der Waals surface area contributed by atoms with E-state index in [0.717, 1.165) is 4.88 Å². The number of rotatable bonds is 4. The normalized spacial score (nSPS) is 14.4. The van der Waals surface area contributed by atoms with E-state index in [1.807, 2.05) is 13.0 Å².